The summed E-state index contributed by atoms with van der Waals surface area (Å²) in [5.41, 5.74) is 0. The van der Waals surface area contributed by atoms with Crippen LogP contribution in [0.4, 0.5) is 0 Å². The van der Waals surface area contributed by atoms with E-state index in [1.807, 2.05) is 0 Å². The molecular weight excluding hydrogens is 709 g/mol. The molecule has 9 nitrogen and oxygen atoms in total. The van der Waals surface area contributed by atoms with E-state index >= 15 is 0 Å². The molecule has 0 aromatic carbocycles. The highest BCUT2D eigenvalue weighted by Gasteiger charge is 2.44. The summed E-state index contributed by atoms with van der Waals surface area (Å²) in [5.74, 6) is -0.328. The predicted molar refractivity (Wildman–Crippen MR) is 228 cm³/mol. The number of esters is 1. The Bertz CT molecular complexity index is 952. The van der Waals surface area contributed by atoms with Crippen LogP contribution in [-0.4, -0.2) is 89.6 Å². The van der Waals surface area contributed by atoms with E-state index in [0.717, 1.165) is 64.2 Å². The highest BCUT2D eigenvalue weighted by molar-refractivity contribution is 5.69. The summed E-state index contributed by atoms with van der Waals surface area (Å²) in [7, 11) is 0. The standard InChI is InChI=1S/C47H86O9/c1-3-5-7-9-11-13-15-17-18-19-20-21-22-23-25-27-29-31-33-35-37-53-39-41(40-54-47-46(52)45(51)44(50)42(38-48)56-47)55-43(49)36-34-32-30-28-26-24-16-14-12-10-8-6-4-2/h8,10,14,16-18,41-42,44-48,50-52H,3-7,9,11-13,15,19-40H2,1-2H3/b10-8-,16-14-,18-17-. The summed E-state index contributed by atoms with van der Waals surface area (Å²) >= 11 is 0. The van der Waals surface area contributed by atoms with Crippen molar-refractivity contribution >= 4 is 5.97 Å². The third kappa shape index (κ3) is 29.6. The van der Waals surface area contributed by atoms with E-state index in [4.69, 9.17) is 18.9 Å². The number of carbonyl (C=O) groups is 1. The van der Waals surface area contributed by atoms with Gasteiger partial charge in [-0.1, -0.05) is 159 Å². The van der Waals surface area contributed by atoms with Crippen molar-refractivity contribution in [1.29, 1.82) is 0 Å². The van der Waals surface area contributed by atoms with Gasteiger partial charge in [0.05, 0.1) is 19.8 Å². The summed E-state index contributed by atoms with van der Waals surface area (Å²) in [4.78, 5) is 12.7. The molecule has 1 aliphatic rings. The molecule has 9 heteroatoms. The van der Waals surface area contributed by atoms with E-state index in [-0.39, 0.29) is 19.2 Å². The van der Waals surface area contributed by atoms with Crippen molar-refractivity contribution in [2.45, 2.75) is 230 Å². The first-order valence-corrected chi connectivity index (χ1v) is 23.1. The Morgan fingerprint density at radius 3 is 1.62 bits per heavy atom. The van der Waals surface area contributed by atoms with Gasteiger partial charge in [-0.15, -0.1) is 0 Å². The Kier molecular flexibility index (Phi) is 36.4. The Morgan fingerprint density at radius 1 is 0.571 bits per heavy atom. The lowest BCUT2D eigenvalue weighted by molar-refractivity contribution is -0.305. The van der Waals surface area contributed by atoms with Gasteiger partial charge in [0.15, 0.2) is 6.29 Å². The molecule has 0 aromatic rings. The average molecular weight is 795 g/mol. The van der Waals surface area contributed by atoms with Crippen LogP contribution in [0.1, 0.15) is 194 Å². The molecule has 1 fully saturated rings. The van der Waals surface area contributed by atoms with Gasteiger partial charge in [-0.05, 0) is 64.2 Å². The van der Waals surface area contributed by atoms with Crippen LogP contribution < -0.4 is 0 Å². The molecule has 0 amide bonds. The van der Waals surface area contributed by atoms with Crippen LogP contribution in [0.3, 0.4) is 0 Å². The van der Waals surface area contributed by atoms with Crippen LogP contribution in [0.5, 0.6) is 0 Å². The van der Waals surface area contributed by atoms with Crippen molar-refractivity contribution in [2.24, 2.45) is 0 Å². The van der Waals surface area contributed by atoms with Crippen LogP contribution in [0.15, 0.2) is 36.5 Å². The van der Waals surface area contributed by atoms with Crippen LogP contribution in [0.25, 0.3) is 0 Å². The summed E-state index contributed by atoms with van der Waals surface area (Å²) in [6.45, 7) is 4.48. The lowest BCUT2D eigenvalue weighted by Crippen LogP contribution is -2.59. The quantitative estimate of drug-likeness (QED) is 0.0272. The van der Waals surface area contributed by atoms with E-state index in [9.17, 15) is 25.2 Å². The molecule has 0 radical (unpaired) electrons. The monoisotopic (exact) mass is 795 g/mol. The number of aliphatic hydroxyl groups is 4. The Balaban J connectivity index is 2.23. The van der Waals surface area contributed by atoms with Gasteiger partial charge in [0, 0.05) is 13.0 Å². The van der Waals surface area contributed by atoms with Crippen molar-refractivity contribution in [1.82, 2.24) is 0 Å². The lowest BCUT2D eigenvalue weighted by Gasteiger charge is -2.39. The molecule has 1 heterocycles. The molecule has 0 bridgehead atoms. The Hall–Kier alpha value is -1.59. The van der Waals surface area contributed by atoms with E-state index in [1.54, 1.807) is 0 Å². The molecule has 56 heavy (non-hydrogen) atoms. The first kappa shape index (κ1) is 52.4. The second kappa shape index (κ2) is 38.9. The zero-order valence-electron chi connectivity index (χ0n) is 35.9. The van der Waals surface area contributed by atoms with E-state index in [0.29, 0.717) is 13.0 Å². The molecule has 6 unspecified atom stereocenters. The average Bonchev–Trinajstić information content (AvgIpc) is 3.20. The van der Waals surface area contributed by atoms with Crippen LogP contribution in [-0.2, 0) is 23.7 Å². The van der Waals surface area contributed by atoms with Crippen molar-refractivity contribution in [3.63, 3.8) is 0 Å². The maximum atomic E-state index is 12.7. The molecule has 0 spiro atoms. The van der Waals surface area contributed by atoms with Crippen molar-refractivity contribution in [3.8, 4) is 0 Å². The third-order valence-corrected chi connectivity index (χ3v) is 10.5. The minimum absolute atomic E-state index is 0.119. The summed E-state index contributed by atoms with van der Waals surface area (Å²) in [5, 5.41) is 40.1. The molecule has 4 N–H and O–H groups in total. The SMILES string of the molecule is CCC/C=C\C/C=C\CCCCCCCC(=O)OC(COCCCCCCCCCCCC/C=C\CCCCCCCC)COC1OC(CO)C(O)C(O)C1O. The number of aliphatic hydroxyl groups excluding tert-OH is 4. The summed E-state index contributed by atoms with van der Waals surface area (Å²) in [6, 6.07) is 0. The van der Waals surface area contributed by atoms with Gasteiger partial charge in [-0.2, -0.15) is 0 Å². The molecule has 1 rings (SSSR count). The highest BCUT2D eigenvalue weighted by Crippen LogP contribution is 2.22. The normalized spacial score (nSPS) is 20.9. The fraction of sp³-hybridized carbons (Fsp3) is 0.851. The topological polar surface area (TPSA) is 135 Å². The Morgan fingerprint density at radius 2 is 1.07 bits per heavy atom. The van der Waals surface area contributed by atoms with E-state index < -0.39 is 43.4 Å². The number of allylic oxidation sites excluding steroid dienone is 6. The molecule has 0 saturated carbocycles. The molecule has 1 aliphatic heterocycles. The fourth-order valence-electron chi connectivity index (χ4n) is 6.88. The van der Waals surface area contributed by atoms with Crippen molar-refractivity contribution in [2.75, 3.05) is 26.4 Å². The van der Waals surface area contributed by atoms with Crippen LogP contribution in [0.2, 0.25) is 0 Å². The van der Waals surface area contributed by atoms with Gasteiger partial charge in [0.25, 0.3) is 0 Å². The minimum Gasteiger partial charge on any atom is -0.457 e. The van der Waals surface area contributed by atoms with Gasteiger partial charge >= 0.3 is 5.97 Å². The van der Waals surface area contributed by atoms with Crippen LogP contribution >= 0.6 is 0 Å². The van der Waals surface area contributed by atoms with E-state index in [1.165, 1.54) is 109 Å². The Labute approximate surface area is 342 Å². The summed E-state index contributed by atoms with van der Waals surface area (Å²) < 4.78 is 22.8. The minimum atomic E-state index is -1.54. The first-order chi connectivity index (χ1) is 27.4. The number of hydrogen-bond donors (Lipinski definition) is 4. The lowest BCUT2D eigenvalue weighted by atomic mass is 9.99. The molecule has 328 valence electrons. The molecule has 0 aliphatic carbocycles. The van der Waals surface area contributed by atoms with Gasteiger partial charge in [0.2, 0.25) is 0 Å². The van der Waals surface area contributed by atoms with E-state index in [2.05, 4.69) is 50.3 Å². The number of ether oxygens (including phenoxy) is 4. The fourth-order valence-corrected chi connectivity index (χ4v) is 6.88. The zero-order valence-corrected chi connectivity index (χ0v) is 35.9. The van der Waals surface area contributed by atoms with Gasteiger partial charge in [-0.25, -0.2) is 0 Å². The highest BCUT2D eigenvalue weighted by atomic mass is 16.7. The number of rotatable bonds is 39. The number of unbranched alkanes of at least 4 members (excludes halogenated alkanes) is 22. The van der Waals surface area contributed by atoms with Gasteiger partial charge < -0.3 is 39.4 Å². The maximum Gasteiger partial charge on any atom is 0.306 e. The third-order valence-electron chi connectivity index (χ3n) is 10.5. The number of hydrogen-bond acceptors (Lipinski definition) is 9. The largest absolute Gasteiger partial charge is 0.457 e. The number of carbonyl (C=O) groups excluding carboxylic acids is 1. The maximum absolute atomic E-state index is 12.7. The molecular formula is C47H86O9. The summed E-state index contributed by atoms with van der Waals surface area (Å²) in [6.07, 6.45) is 38.9. The van der Waals surface area contributed by atoms with Crippen molar-refractivity contribution in [3.05, 3.63) is 36.5 Å². The molecule has 0 aromatic heterocycles. The molecule has 1 saturated heterocycles. The second-order valence-corrected chi connectivity index (χ2v) is 15.8. The van der Waals surface area contributed by atoms with Gasteiger partial charge in [-0.3, -0.25) is 4.79 Å². The van der Waals surface area contributed by atoms with Crippen molar-refractivity contribution < 1.29 is 44.2 Å². The zero-order chi connectivity index (χ0) is 40.7. The van der Waals surface area contributed by atoms with Gasteiger partial charge in [0.1, 0.15) is 30.5 Å². The smallest absolute Gasteiger partial charge is 0.306 e. The molecule has 6 atom stereocenters. The second-order valence-electron chi connectivity index (χ2n) is 15.8. The predicted octanol–water partition coefficient (Wildman–Crippen LogP) is 10.4. The first-order valence-electron chi connectivity index (χ1n) is 23.1. The van der Waals surface area contributed by atoms with Crippen LogP contribution in [0, 0.1) is 0 Å².